The van der Waals surface area contributed by atoms with Crippen LogP contribution in [-0.2, 0) is 0 Å². The molecule has 0 unspecified atom stereocenters. The fourth-order valence-corrected chi connectivity index (χ4v) is 1.06. The molecule has 1 N–H and O–H groups in total. The van der Waals surface area contributed by atoms with Crippen molar-refractivity contribution in [3.63, 3.8) is 0 Å². The zero-order chi connectivity index (χ0) is 10.6. The first kappa shape index (κ1) is 11.0. The molecule has 1 aromatic rings. The smallest absolute Gasteiger partial charge is 0.148 e. The number of aryl methyl sites for hydroxylation is 1. The van der Waals surface area contributed by atoms with E-state index in [1.54, 1.807) is 0 Å². The van der Waals surface area contributed by atoms with Crippen LogP contribution in [-0.4, -0.2) is 16.7 Å². The Morgan fingerprint density at radius 1 is 1.21 bits per heavy atom. The Hall–Kier alpha value is -1.12. The summed E-state index contributed by atoms with van der Waals surface area (Å²) in [5, 5.41) is 11.3. The molecule has 78 valence electrons. The third kappa shape index (κ3) is 4.21. The lowest BCUT2D eigenvalue weighted by Gasteiger charge is -2.18. The van der Waals surface area contributed by atoms with Crippen LogP contribution in [0.3, 0.4) is 0 Å². The SMILES string of the molecule is Cc1ccc(NCCC(C)(C)C)nn1. The number of nitrogens with one attached hydrogen (secondary N) is 1. The maximum absolute atomic E-state index is 4.04. The van der Waals surface area contributed by atoms with Crippen LogP contribution in [0, 0.1) is 12.3 Å². The highest BCUT2D eigenvalue weighted by Crippen LogP contribution is 2.17. The lowest BCUT2D eigenvalue weighted by atomic mass is 9.92. The van der Waals surface area contributed by atoms with Gasteiger partial charge >= 0.3 is 0 Å². The van der Waals surface area contributed by atoms with Gasteiger partial charge in [0.25, 0.3) is 0 Å². The Bertz CT molecular complexity index is 272. The van der Waals surface area contributed by atoms with Crippen molar-refractivity contribution in [1.29, 1.82) is 0 Å². The molecule has 3 nitrogen and oxygen atoms in total. The largest absolute Gasteiger partial charge is 0.369 e. The van der Waals surface area contributed by atoms with Crippen molar-refractivity contribution >= 4 is 5.82 Å². The summed E-state index contributed by atoms with van der Waals surface area (Å²) in [5.41, 5.74) is 1.32. The lowest BCUT2D eigenvalue weighted by molar-refractivity contribution is 0.389. The van der Waals surface area contributed by atoms with E-state index in [4.69, 9.17) is 0 Å². The number of anilines is 1. The van der Waals surface area contributed by atoms with Gasteiger partial charge in [0, 0.05) is 6.54 Å². The van der Waals surface area contributed by atoms with Crippen LogP contribution < -0.4 is 5.32 Å². The molecule has 0 saturated carbocycles. The van der Waals surface area contributed by atoms with E-state index in [0.29, 0.717) is 5.41 Å². The summed E-state index contributed by atoms with van der Waals surface area (Å²) in [4.78, 5) is 0. The zero-order valence-electron chi connectivity index (χ0n) is 9.46. The monoisotopic (exact) mass is 193 g/mol. The van der Waals surface area contributed by atoms with Crippen molar-refractivity contribution in [3.8, 4) is 0 Å². The minimum absolute atomic E-state index is 0.366. The molecule has 3 heteroatoms. The highest BCUT2D eigenvalue weighted by atomic mass is 15.2. The van der Waals surface area contributed by atoms with Crippen LogP contribution in [0.5, 0.6) is 0 Å². The van der Waals surface area contributed by atoms with Crippen molar-refractivity contribution in [3.05, 3.63) is 17.8 Å². The molecule has 0 aliphatic rings. The third-order valence-electron chi connectivity index (χ3n) is 1.98. The molecule has 1 aromatic heterocycles. The molecule has 1 heterocycles. The lowest BCUT2D eigenvalue weighted by Crippen LogP contribution is -2.13. The summed E-state index contributed by atoms with van der Waals surface area (Å²) in [6.07, 6.45) is 1.13. The number of nitrogens with zero attached hydrogens (tertiary/aromatic N) is 2. The van der Waals surface area contributed by atoms with Crippen molar-refractivity contribution in [2.24, 2.45) is 5.41 Å². The fourth-order valence-electron chi connectivity index (χ4n) is 1.06. The molecule has 1 rings (SSSR count). The summed E-state index contributed by atoms with van der Waals surface area (Å²) in [5.74, 6) is 0.861. The van der Waals surface area contributed by atoms with E-state index in [0.717, 1.165) is 24.5 Å². The minimum Gasteiger partial charge on any atom is -0.369 e. The highest BCUT2D eigenvalue weighted by Gasteiger charge is 2.08. The van der Waals surface area contributed by atoms with Gasteiger partial charge in [-0.15, -0.1) is 5.10 Å². The summed E-state index contributed by atoms with van der Waals surface area (Å²) in [6, 6.07) is 3.93. The van der Waals surface area contributed by atoms with Gasteiger partial charge in [-0.25, -0.2) is 0 Å². The Balaban J connectivity index is 2.35. The third-order valence-corrected chi connectivity index (χ3v) is 1.98. The second-order valence-electron chi connectivity index (χ2n) is 4.80. The van der Waals surface area contributed by atoms with Gasteiger partial charge in [0.05, 0.1) is 5.69 Å². The second-order valence-corrected chi connectivity index (χ2v) is 4.80. The van der Waals surface area contributed by atoms with Crippen molar-refractivity contribution in [1.82, 2.24) is 10.2 Å². The average Bonchev–Trinajstić information content (AvgIpc) is 2.06. The Labute approximate surface area is 85.9 Å². The van der Waals surface area contributed by atoms with E-state index in [9.17, 15) is 0 Å². The predicted octanol–water partition coefficient (Wildman–Crippen LogP) is 2.63. The van der Waals surface area contributed by atoms with E-state index in [2.05, 4.69) is 36.3 Å². The summed E-state index contributed by atoms with van der Waals surface area (Å²) >= 11 is 0. The molecule has 0 spiro atoms. The van der Waals surface area contributed by atoms with E-state index in [1.807, 2.05) is 19.1 Å². The van der Waals surface area contributed by atoms with Crippen molar-refractivity contribution in [2.75, 3.05) is 11.9 Å². The molecule has 0 fully saturated rings. The molecule has 0 bridgehead atoms. The van der Waals surface area contributed by atoms with Crippen LogP contribution in [0.25, 0.3) is 0 Å². The average molecular weight is 193 g/mol. The van der Waals surface area contributed by atoms with Gasteiger partial charge < -0.3 is 5.32 Å². The molecule has 0 atom stereocenters. The van der Waals surface area contributed by atoms with Crippen LogP contribution in [0.15, 0.2) is 12.1 Å². The molecular formula is C11H19N3. The topological polar surface area (TPSA) is 37.8 Å². The maximum atomic E-state index is 4.04. The van der Waals surface area contributed by atoms with Crippen LogP contribution in [0.2, 0.25) is 0 Å². The van der Waals surface area contributed by atoms with Gasteiger partial charge in [-0.3, -0.25) is 0 Å². The highest BCUT2D eigenvalue weighted by molar-refractivity contribution is 5.32. The predicted molar refractivity (Wildman–Crippen MR) is 59.3 cm³/mol. The van der Waals surface area contributed by atoms with Gasteiger partial charge in [-0.05, 0) is 30.9 Å². The van der Waals surface area contributed by atoms with Gasteiger partial charge in [0.2, 0.25) is 0 Å². The number of hydrogen-bond donors (Lipinski definition) is 1. The molecule has 0 saturated heterocycles. The molecule has 14 heavy (non-hydrogen) atoms. The Morgan fingerprint density at radius 3 is 2.43 bits per heavy atom. The molecule has 0 amide bonds. The molecule has 0 radical (unpaired) electrons. The summed E-state index contributed by atoms with van der Waals surface area (Å²) in [6.45, 7) is 9.58. The van der Waals surface area contributed by atoms with E-state index < -0.39 is 0 Å². The van der Waals surface area contributed by atoms with Crippen LogP contribution in [0.1, 0.15) is 32.9 Å². The van der Waals surface area contributed by atoms with Crippen molar-refractivity contribution in [2.45, 2.75) is 34.1 Å². The Morgan fingerprint density at radius 2 is 1.93 bits per heavy atom. The molecule has 0 aromatic carbocycles. The fraction of sp³-hybridized carbons (Fsp3) is 0.636. The van der Waals surface area contributed by atoms with E-state index >= 15 is 0 Å². The van der Waals surface area contributed by atoms with E-state index in [1.165, 1.54) is 0 Å². The number of rotatable bonds is 3. The second kappa shape index (κ2) is 4.40. The quantitative estimate of drug-likeness (QED) is 0.802. The summed E-state index contributed by atoms with van der Waals surface area (Å²) in [7, 11) is 0. The first-order chi connectivity index (χ1) is 6.47. The van der Waals surface area contributed by atoms with Gasteiger partial charge in [0.15, 0.2) is 0 Å². The maximum Gasteiger partial charge on any atom is 0.148 e. The van der Waals surface area contributed by atoms with Gasteiger partial charge in [-0.2, -0.15) is 5.10 Å². The minimum atomic E-state index is 0.366. The van der Waals surface area contributed by atoms with Crippen LogP contribution >= 0.6 is 0 Å². The Kier molecular flexibility index (Phi) is 3.44. The summed E-state index contributed by atoms with van der Waals surface area (Å²) < 4.78 is 0. The molecule has 0 aliphatic heterocycles. The standard InChI is InChI=1S/C11H19N3/c1-9-5-6-10(14-13-9)12-8-7-11(2,3)4/h5-6H,7-8H2,1-4H3,(H,12,14). The zero-order valence-corrected chi connectivity index (χ0v) is 9.46. The van der Waals surface area contributed by atoms with Gasteiger partial charge in [-0.1, -0.05) is 20.8 Å². The number of aromatic nitrogens is 2. The first-order valence-electron chi connectivity index (χ1n) is 5.02. The molecular weight excluding hydrogens is 174 g/mol. The van der Waals surface area contributed by atoms with Crippen LogP contribution in [0.4, 0.5) is 5.82 Å². The molecule has 0 aliphatic carbocycles. The first-order valence-corrected chi connectivity index (χ1v) is 5.02. The van der Waals surface area contributed by atoms with Crippen molar-refractivity contribution < 1.29 is 0 Å². The van der Waals surface area contributed by atoms with E-state index in [-0.39, 0.29) is 0 Å². The number of hydrogen-bond acceptors (Lipinski definition) is 3. The van der Waals surface area contributed by atoms with Gasteiger partial charge in [0.1, 0.15) is 5.82 Å². The normalized spacial score (nSPS) is 11.4.